The first-order valence-electron chi connectivity index (χ1n) is 11.1. The van der Waals surface area contributed by atoms with Gasteiger partial charge in [0.1, 0.15) is 5.82 Å². The molecule has 2 unspecified atom stereocenters. The maximum atomic E-state index is 14.7. The van der Waals surface area contributed by atoms with Gasteiger partial charge in [0.2, 0.25) is 5.91 Å². The molecule has 0 spiro atoms. The number of hydrogen-bond donors (Lipinski definition) is 1. The second kappa shape index (κ2) is 9.53. The number of rotatable bonds is 6. The van der Waals surface area contributed by atoms with Crippen LogP contribution in [0.4, 0.5) is 15.8 Å². The molecule has 3 aromatic rings. The molecule has 2 atom stereocenters. The molecule has 0 saturated carbocycles. The van der Waals surface area contributed by atoms with Crippen LogP contribution in [0.5, 0.6) is 0 Å². The summed E-state index contributed by atoms with van der Waals surface area (Å²) in [4.78, 5) is 17.4. The van der Waals surface area contributed by atoms with Crippen LogP contribution in [0.2, 0.25) is 0 Å². The van der Waals surface area contributed by atoms with Crippen LogP contribution in [0.25, 0.3) is 11.1 Å². The minimum atomic E-state index is -0.464. The number of carbonyl (C=O) groups excluding carboxylic acids is 1. The van der Waals surface area contributed by atoms with Gasteiger partial charge in [0.25, 0.3) is 0 Å². The number of halogens is 1. The van der Waals surface area contributed by atoms with Gasteiger partial charge in [0, 0.05) is 36.1 Å². The van der Waals surface area contributed by atoms with E-state index < -0.39 is 5.92 Å². The van der Waals surface area contributed by atoms with Crippen LogP contribution < -0.4 is 10.2 Å². The van der Waals surface area contributed by atoms with Gasteiger partial charge in [0.05, 0.1) is 5.92 Å². The first-order valence-corrected chi connectivity index (χ1v) is 11.1. The fourth-order valence-electron chi connectivity index (χ4n) is 4.21. The first kappa shape index (κ1) is 22.0. The minimum Gasteiger partial charge on any atom is -0.370 e. The summed E-state index contributed by atoms with van der Waals surface area (Å²) in [5.74, 6) is -0.939. The number of carbonyl (C=O) groups is 1. The maximum absolute atomic E-state index is 14.7. The Morgan fingerprint density at radius 1 is 1.06 bits per heavy atom. The van der Waals surface area contributed by atoms with Gasteiger partial charge < -0.3 is 15.1 Å². The number of likely N-dealkylation sites (N-methyl/N-ethyl adjacent to an activating group) is 1. The predicted molar refractivity (Wildman–Crippen MR) is 130 cm³/mol. The van der Waals surface area contributed by atoms with E-state index in [9.17, 15) is 9.18 Å². The summed E-state index contributed by atoms with van der Waals surface area (Å²) in [7, 11) is 4.24. The molecule has 0 aromatic heterocycles. The van der Waals surface area contributed by atoms with Crippen LogP contribution in [-0.4, -0.2) is 44.0 Å². The van der Waals surface area contributed by atoms with Crippen LogP contribution in [0.3, 0.4) is 0 Å². The monoisotopic (exact) mass is 431 g/mol. The van der Waals surface area contributed by atoms with E-state index in [-0.39, 0.29) is 11.7 Å². The van der Waals surface area contributed by atoms with Gasteiger partial charge in [-0.15, -0.1) is 0 Å². The lowest BCUT2D eigenvalue weighted by Gasteiger charge is -2.22. The summed E-state index contributed by atoms with van der Waals surface area (Å²) in [5.41, 5.74) is 3.93. The number of hydrogen-bond acceptors (Lipinski definition) is 3. The SMILES string of the molecule is CC(C(=O)Nc1ccc(N2CCC(N(C)C)C2)cc1)c1ccc(-c2ccccc2)c(F)c1. The van der Waals surface area contributed by atoms with Crippen LogP contribution >= 0.6 is 0 Å². The average molecular weight is 432 g/mol. The fraction of sp³-hybridized carbons (Fsp3) is 0.296. The van der Waals surface area contributed by atoms with Crippen molar-refractivity contribution in [2.24, 2.45) is 0 Å². The Morgan fingerprint density at radius 3 is 2.41 bits per heavy atom. The maximum Gasteiger partial charge on any atom is 0.231 e. The predicted octanol–water partition coefficient (Wildman–Crippen LogP) is 5.38. The van der Waals surface area contributed by atoms with E-state index in [2.05, 4.69) is 29.2 Å². The lowest BCUT2D eigenvalue weighted by atomic mass is 9.96. The van der Waals surface area contributed by atoms with E-state index >= 15 is 0 Å². The lowest BCUT2D eigenvalue weighted by Crippen LogP contribution is -2.31. The van der Waals surface area contributed by atoms with E-state index in [1.165, 1.54) is 11.8 Å². The molecule has 1 aliphatic heterocycles. The molecular formula is C27H30FN3O. The molecule has 1 saturated heterocycles. The van der Waals surface area contributed by atoms with E-state index in [1.807, 2.05) is 60.7 Å². The molecule has 0 radical (unpaired) electrons. The van der Waals surface area contributed by atoms with Gasteiger partial charge in [-0.25, -0.2) is 4.39 Å². The Hall–Kier alpha value is -3.18. The third kappa shape index (κ3) is 4.83. The van der Waals surface area contributed by atoms with Gasteiger partial charge in [-0.3, -0.25) is 4.79 Å². The van der Waals surface area contributed by atoms with E-state index in [0.29, 0.717) is 17.2 Å². The smallest absolute Gasteiger partial charge is 0.231 e. The molecule has 5 heteroatoms. The molecule has 1 N–H and O–H groups in total. The second-order valence-electron chi connectivity index (χ2n) is 8.72. The van der Waals surface area contributed by atoms with Crippen LogP contribution in [0.1, 0.15) is 24.8 Å². The van der Waals surface area contributed by atoms with Gasteiger partial charge in [0.15, 0.2) is 0 Å². The molecule has 32 heavy (non-hydrogen) atoms. The van der Waals surface area contributed by atoms with Gasteiger partial charge in [-0.1, -0.05) is 42.5 Å². The van der Waals surface area contributed by atoms with Crippen LogP contribution in [0, 0.1) is 5.82 Å². The van der Waals surface area contributed by atoms with Crippen molar-refractivity contribution in [3.63, 3.8) is 0 Å². The Kier molecular flexibility index (Phi) is 6.56. The van der Waals surface area contributed by atoms with Gasteiger partial charge in [-0.05, 0) is 68.9 Å². The third-order valence-electron chi connectivity index (χ3n) is 6.36. The standard InChI is InChI=1S/C27H30FN3O/c1-19(21-9-14-25(26(28)17-21)20-7-5-4-6-8-20)27(32)29-22-10-12-23(13-11-22)31-16-15-24(18-31)30(2)3/h4-14,17,19,24H,15-16,18H2,1-3H3,(H,29,32). The molecule has 0 aliphatic carbocycles. The fourth-order valence-corrected chi connectivity index (χ4v) is 4.21. The van der Waals surface area contributed by atoms with E-state index in [1.54, 1.807) is 13.0 Å². The Morgan fingerprint density at radius 2 is 1.78 bits per heavy atom. The third-order valence-corrected chi connectivity index (χ3v) is 6.36. The number of nitrogens with zero attached hydrogens (tertiary/aromatic N) is 2. The highest BCUT2D eigenvalue weighted by molar-refractivity contribution is 5.95. The molecule has 166 valence electrons. The van der Waals surface area contributed by atoms with Crippen LogP contribution in [-0.2, 0) is 4.79 Å². The van der Waals surface area contributed by atoms with E-state index in [0.717, 1.165) is 30.8 Å². The molecule has 1 aliphatic rings. The number of benzene rings is 3. The highest BCUT2D eigenvalue weighted by atomic mass is 19.1. The Bertz CT molecular complexity index is 1070. The molecule has 1 heterocycles. The average Bonchev–Trinajstić information content (AvgIpc) is 3.30. The van der Waals surface area contributed by atoms with Gasteiger partial charge in [-0.2, -0.15) is 0 Å². The molecule has 4 nitrogen and oxygen atoms in total. The van der Waals surface area contributed by atoms with Crippen molar-refractivity contribution in [2.75, 3.05) is 37.4 Å². The van der Waals surface area contributed by atoms with Crippen molar-refractivity contribution >= 4 is 17.3 Å². The van der Waals surface area contributed by atoms with Gasteiger partial charge >= 0.3 is 0 Å². The Labute approximate surface area is 189 Å². The van der Waals surface area contributed by atoms with E-state index in [4.69, 9.17) is 0 Å². The summed E-state index contributed by atoms with van der Waals surface area (Å²) in [6, 6.07) is 23.0. The highest BCUT2D eigenvalue weighted by Crippen LogP contribution is 2.28. The zero-order valence-corrected chi connectivity index (χ0v) is 18.9. The van der Waals surface area contributed by atoms with Crippen molar-refractivity contribution in [3.05, 3.63) is 84.2 Å². The van der Waals surface area contributed by atoms with Crippen LogP contribution in [0.15, 0.2) is 72.8 Å². The highest BCUT2D eigenvalue weighted by Gasteiger charge is 2.24. The summed E-state index contributed by atoms with van der Waals surface area (Å²) in [6.45, 7) is 3.85. The molecular weight excluding hydrogens is 401 g/mol. The summed E-state index contributed by atoms with van der Waals surface area (Å²) < 4.78 is 14.7. The van der Waals surface area contributed by atoms with Crippen molar-refractivity contribution in [1.29, 1.82) is 0 Å². The van der Waals surface area contributed by atoms with Crippen molar-refractivity contribution < 1.29 is 9.18 Å². The number of nitrogens with one attached hydrogen (secondary N) is 1. The molecule has 4 rings (SSSR count). The Balaban J connectivity index is 1.40. The molecule has 1 fully saturated rings. The van der Waals surface area contributed by atoms with Crippen molar-refractivity contribution in [2.45, 2.75) is 25.3 Å². The first-order chi connectivity index (χ1) is 15.4. The topological polar surface area (TPSA) is 35.6 Å². The second-order valence-corrected chi connectivity index (χ2v) is 8.72. The van der Waals surface area contributed by atoms with Crippen molar-refractivity contribution in [3.8, 4) is 11.1 Å². The largest absolute Gasteiger partial charge is 0.370 e. The number of anilines is 2. The summed E-state index contributed by atoms with van der Waals surface area (Å²) in [5, 5.41) is 2.96. The molecule has 3 aromatic carbocycles. The summed E-state index contributed by atoms with van der Waals surface area (Å²) >= 11 is 0. The minimum absolute atomic E-state index is 0.154. The summed E-state index contributed by atoms with van der Waals surface area (Å²) in [6.07, 6.45) is 1.16. The molecule has 0 bridgehead atoms. The molecule has 1 amide bonds. The van der Waals surface area contributed by atoms with Crippen molar-refractivity contribution in [1.82, 2.24) is 4.90 Å². The zero-order chi connectivity index (χ0) is 22.7. The zero-order valence-electron chi connectivity index (χ0n) is 18.9. The number of amides is 1. The normalized spacial score (nSPS) is 16.9. The quantitative estimate of drug-likeness (QED) is 0.570. The lowest BCUT2D eigenvalue weighted by molar-refractivity contribution is -0.117.